The highest BCUT2D eigenvalue weighted by atomic mass is 32.2. The van der Waals surface area contributed by atoms with Gasteiger partial charge in [-0.1, -0.05) is 6.07 Å². The van der Waals surface area contributed by atoms with E-state index in [1.54, 1.807) is 35.3 Å². The molecule has 1 aromatic carbocycles. The summed E-state index contributed by atoms with van der Waals surface area (Å²) in [7, 11) is -3.55. The van der Waals surface area contributed by atoms with Gasteiger partial charge >= 0.3 is 0 Å². The lowest BCUT2D eigenvalue weighted by Crippen LogP contribution is -2.46. The molecule has 4 rings (SSSR count). The first-order valence-electron chi connectivity index (χ1n) is 9.21. The zero-order chi connectivity index (χ0) is 19.7. The Morgan fingerprint density at radius 2 is 2.11 bits per heavy atom. The van der Waals surface area contributed by atoms with Crippen molar-refractivity contribution in [3.63, 3.8) is 0 Å². The summed E-state index contributed by atoms with van der Waals surface area (Å²) in [6.45, 7) is 0.613. The Morgan fingerprint density at radius 3 is 2.89 bits per heavy atom. The maximum absolute atomic E-state index is 13.7. The zero-order valence-electron chi connectivity index (χ0n) is 15.1. The second-order valence-electron chi connectivity index (χ2n) is 7.01. The Bertz CT molecular complexity index is 963. The van der Waals surface area contributed by atoms with Gasteiger partial charge in [-0.05, 0) is 54.5 Å². The molecule has 0 radical (unpaired) electrons. The number of amides is 1. The van der Waals surface area contributed by atoms with Crippen molar-refractivity contribution < 1.29 is 17.6 Å². The highest BCUT2D eigenvalue weighted by Gasteiger charge is 2.35. The fourth-order valence-electron chi connectivity index (χ4n) is 3.72. The zero-order valence-corrected chi connectivity index (χ0v) is 17.6. The summed E-state index contributed by atoms with van der Waals surface area (Å²) >= 11 is 2.85. The van der Waals surface area contributed by atoms with Crippen LogP contribution >= 0.6 is 23.1 Å². The average molecular weight is 441 g/mol. The van der Waals surface area contributed by atoms with Crippen LogP contribution in [0.1, 0.15) is 30.9 Å². The Balaban J connectivity index is 1.47. The van der Waals surface area contributed by atoms with Crippen LogP contribution in [0.4, 0.5) is 4.39 Å². The smallest absolute Gasteiger partial charge is 0.252 e. The van der Waals surface area contributed by atoms with Gasteiger partial charge in [-0.15, -0.1) is 23.1 Å². The van der Waals surface area contributed by atoms with Gasteiger partial charge in [-0.2, -0.15) is 4.31 Å². The molecule has 2 atom stereocenters. The highest BCUT2D eigenvalue weighted by molar-refractivity contribution is 7.99. The molecule has 1 N–H and O–H groups in total. The van der Waals surface area contributed by atoms with Crippen LogP contribution in [0.25, 0.3) is 0 Å². The van der Waals surface area contributed by atoms with Crippen molar-refractivity contribution in [2.75, 3.05) is 18.8 Å². The van der Waals surface area contributed by atoms with Gasteiger partial charge in [0.25, 0.3) is 10.0 Å². The third-order valence-corrected chi connectivity index (χ3v) is 9.53. The molecule has 2 aliphatic heterocycles. The number of rotatable bonds is 4. The molecule has 1 fully saturated rings. The molecule has 9 heteroatoms. The molecule has 1 aromatic heterocycles. The summed E-state index contributed by atoms with van der Waals surface area (Å²) < 4.78 is 40.9. The minimum Gasteiger partial charge on any atom is -0.349 e. The molecular formula is C19H21FN2O3S3. The number of fused-ring (bicyclic) bond motifs is 1. The van der Waals surface area contributed by atoms with E-state index >= 15 is 0 Å². The summed E-state index contributed by atoms with van der Waals surface area (Å²) in [5.74, 6) is -0.00714. The fraction of sp³-hybridized carbons (Fsp3) is 0.421. The maximum atomic E-state index is 13.7. The van der Waals surface area contributed by atoms with Gasteiger partial charge in [-0.25, -0.2) is 12.8 Å². The third-order valence-electron chi connectivity index (χ3n) is 5.17. The van der Waals surface area contributed by atoms with Crippen LogP contribution in [0.3, 0.4) is 0 Å². The lowest BCUT2D eigenvalue weighted by molar-refractivity contribution is -0.126. The molecule has 5 nitrogen and oxygen atoms in total. The van der Waals surface area contributed by atoms with Crippen molar-refractivity contribution in [3.8, 4) is 0 Å². The summed E-state index contributed by atoms with van der Waals surface area (Å²) in [6, 6.07) is 7.75. The number of hydrogen-bond donors (Lipinski definition) is 1. The predicted octanol–water partition coefficient (Wildman–Crippen LogP) is 3.64. The van der Waals surface area contributed by atoms with E-state index in [2.05, 4.69) is 5.32 Å². The normalized spacial score (nSPS) is 23.2. The molecule has 0 spiro atoms. The molecule has 150 valence electrons. The minimum absolute atomic E-state index is 0.154. The minimum atomic E-state index is -3.55. The van der Waals surface area contributed by atoms with Crippen LogP contribution in [0.15, 0.2) is 44.8 Å². The molecule has 0 aliphatic carbocycles. The molecule has 2 aromatic rings. The Morgan fingerprint density at radius 1 is 1.25 bits per heavy atom. The van der Waals surface area contributed by atoms with Crippen LogP contribution < -0.4 is 5.32 Å². The summed E-state index contributed by atoms with van der Waals surface area (Å²) in [5.41, 5.74) is 0.809. The van der Waals surface area contributed by atoms with Crippen molar-refractivity contribution in [3.05, 3.63) is 47.1 Å². The van der Waals surface area contributed by atoms with E-state index in [1.165, 1.54) is 27.8 Å². The number of nitrogens with one attached hydrogen (secondary N) is 1. The number of hydrogen-bond acceptors (Lipinski definition) is 5. The van der Waals surface area contributed by atoms with Gasteiger partial charge in [0.1, 0.15) is 10.0 Å². The van der Waals surface area contributed by atoms with Gasteiger partial charge in [-0.3, -0.25) is 4.79 Å². The first-order chi connectivity index (χ1) is 13.4. The Labute approximate surface area is 172 Å². The summed E-state index contributed by atoms with van der Waals surface area (Å²) in [4.78, 5) is 13.9. The lowest BCUT2D eigenvalue weighted by atomic mass is 9.97. The van der Waals surface area contributed by atoms with Crippen LogP contribution in [0.5, 0.6) is 0 Å². The predicted molar refractivity (Wildman–Crippen MR) is 108 cm³/mol. The number of piperidine rings is 1. The molecule has 1 saturated heterocycles. The molecule has 0 bridgehead atoms. The number of sulfonamides is 1. The largest absolute Gasteiger partial charge is 0.349 e. The van der Waals surface area contributed by atoms with Crippen molar-refractivity contribution >= 4 is 39.0 Å². The van der Waals surface area contributed by atoms with Gasteiger partial charge in [0.2, 0.25) is 5.91 Å². The summed E-state index contributed by atoms with van der Waals surface area (Å²) in [5, 5.41) is 4.78. The molecule has 3 heterocycles. The summed E-state index contributed by atoms with van der Waals surface area (Å²) in [6.07, 6.45) is 2.03. The van der Waals surface area contributed by atoms with Gasteiger partial charge < -0.3 is 5.32 Å². The second kappa shape index (κ2) is 8.14. The number of halogens is 1. The maximum Gasteiger partial charge on any atom is 0.252 e. The number of benzene rings is 1. The van der Waals surface area contributed by atoms with E-state index in [9.17, 15) is 17.6 Å². The standard InChI is InChI=1S/C19H21FN2O3S3/c20-14-5-6-17-15(11-14)16(7-10-26-17)21-19(23)13-3-1-8-22(12-13)28(24,25)18-4-2-9-27-18/h2,4-6,9,11,13,16H,1,3,7-8,10,12H2,(H,21,23)/t13-,16-/m1/s1. The molecule has 2 aliphatic rings. The Kier molecular flexibility index (Phi) is 5.78. The highest BCUT2D eigenvalue weighted by Crippen LogP contribution is 2.37. The van der Waals surface area contributed by atoms with Crippen LogP contribution in [0, 0.1) is 11.7 Å². The number of carbonyl (C=O) groups excluding carboxylic acids is 1. The fourth-order valence-corrected chi connectivity index (χ4v) is 7.49. The number of thioether (sulfide) groups is 1. The van der Waals surface area contributed by atoms with E-state index in [0.717, 1.165) is 22.6 Å². The molecule has 0 saturated carbocycles. The van der Waals surface area contributed by atoms with Crippen LogP contribution in [-0.2, 0) is 14.8 Å². The van der Waals surface area contributed by atoms with Crippen molar-refractivity contribution in [2.45, 2.75) is 34.4 Å². The van der Waals surface area contributed by atoms with Crippen molar-refractivity contribution in [1.29, 1.82) is 0 Å². The number of nitrogens with zero attached hydrogens (tertiary/aromatic N) is 1. The van der Waals surface area contributed by atoms with Crippen LogP contribution in [0.2, 0.25) is 0 Å². The van der Waals surface area contributed by atoms with Gasteiger partial charge in [0.15, 0.2) is 0 Å². The molecular weight excluding hydrogens is 419 g/mol. The molecule has 0 unspecified atom stereocenters. The monoisotopic (exact) mass is 440 g/mol. The van der Waals surface area contributed by atoms with Crippen molar-refractivity contribution in [1.82, 2.24) is 9.62 Å². The van der Waals surface area contributed by atoms with E-state index in [-0.39, 0.29) is 24.3 Å². The second-order valence-corrected chi connectivity index (χ2v) is 11.3. The van der Waals surface area contributed by atoms with Gasteiger partial charge in [0.05, 0.1) is 12.0 Å². The van der Waals surface area contributed by atoms with Crippen molar-refractivity contribution in [2.24, 2.45) is 5.92 Å². The first-order valence-corrected chi connectivity index (χ1v) is 12.5. The van der Waals surface area contributed by atoms with Gasteiger partial charge in [0, 0.05) is 23.7 Å². The van der Waals surface area contributed by atoms with E-state index in [1.807, 2.05) is 0 Å². The molecule has 28 heavy (non-hydrogen) atoms. The first kappa shape index (κ1) is 19.9. The number of thiophene rings is 1. The third kappa shape index (κ3) is 3.98. The topological polar surface area (TPSA) is 66.5 Å². The van der Waals surface area contributed by atoms with Crippen LogP contribution in [-0.4, -0.2) is 37.5 Å². The van der Waals surface area contributed by atoms with E-state index in [0.29, 0.717) is 23.6 Å². The molecule has 1 amide bonds. The lowest BCUT2D eigenvalue weighted by Gasteiger charge is -2.33. The number of carbonyl (C=O) groups is 1. The Hall–Kier alpha value is -1.42. The quantitative estimate of drug-likeness (QED) is 0.788. The van der Waals surface area contributed by atoms with E-state index < -0.39 is 15.9 Å². The average Bonchev–Trinajstić information content (AvgIpc) is 3.24. The van der Waals surface area contributed by atoms with E-state index in [4.69, 9.17) is 0 Å². The SMILES string of the molecule is O=C(N[C@@H]1CCSc2ccc(F)cc21)[C@@H]1CCCN(S(=O)(=O)c2cccs2)C1.